The summed E-state index contributed by atoms with van der Waals surface area (Å²) in [5.74, 6) is 0. The van der Waals surface area contributed by atoms with Crippen molar-refractivity contribution in [1.29, 1.82) is 0 Å². The highest BCUT2D eigenvalue weighted by molar-refractivity contribution is 7.21. The molecule has 0 fully saturated rings. The zero-order valence-corrected chi connectivity index (χ0v) is 9.48. The topological polar surface area (TPSA) is 9.23 Å². The zero-order valence-electron chi connectivity index (χ0n) is 7.73. The van der Waals surface area contributed by atoms with Gasteiger partial charge in [-0.1, -0.05) is 32.1 Å². The van der Waals surface area contributed by atoms with Gasteiger partial charge in [0.05, 0.1) is 11.6 Å². The molecule has 0 aliphatic rings. The Labute approximate surface area is 85.9 Å². The van der Waals surface area contributed by atoms with Crippen LogP contribution in [0.25, 0.3) is 0 Å². The van der Waals surface area contributed by atoms with E-state index in [0.717, 1.165) is 11.1 Å². The van der Waals surface area contributed by atoms with Gasteiger partial charge in [0.25, 0.3) is 0 Å². The summed E-state index contributed by atoms with van der Waals surface area (Å²) < 4.78 is 5.31. The van der Waals surface area contributed by atoms with E-state index < -0.39 is 0 Å². The molecule has 0 radical (unpaired) electrons. The summed E-state index contributed by atoms with van der Waals surface area (Å²) in [6, 6.07) is 5.82. The lowest BCUT2D eigenvalue weighted by Crippen LogP contribution is -2.03. The molecule has 3 heteroatoms. The fraction of sp³-hybridized carbons (Fsp3) is 0.300. The third kappa shape index (κ3) is 2.80. The van der Waals surface area contributed by atoms with Gasteiger partial charge in [0.1, 0.15) is 5.48 Å². The first kappa shape index (κ1) is 10.7. The molecule has 1 aromatic rings. The van der Waals surface area contributed by atoms with Crippen molar-refractivity contribution in [2.24, 2.45) is 0 Å². The van der Waals surface area contributed by atoms with E-state index >= 15 is 0 Å². The van der Waals surface area contributed by atoms with Crippen LogP contribution in [0.3, 0.4) is 0 Å². The number of hydrogen-bond acceptors (Lipinski definition) is 1. The molecule has 1 rings (SSSR count). The maximum atomic E-state index is 5.99. The van der Waals surface area contributed by atoms with Crippen molar-refractivity contribution in [2.75, 3.05) is 6.61 Å². The van der Waals surface area contributed by atoms with Crippen molar-refractivity contribution in [2.45, 2.75) is 13.8 Å². The largest absolute Gasteiger partial charge is 0.342 e. The van der Waals surface area contributed by atoms with Gasteiger partial charge in [-0.05, 0) is 26.0 Å². The third-order valence-corrected chi connectivity index (χ3v) is 2.40. The van der Waals surface area contributed by atoms with Crippen LogP contribution in [0, 0.1) is 6.92 Å². The van der Waals surface area contributed by atoms with Gasteiger partial charge >= 0.3 is 0 Å². The van der Waals surface area contributed by atoms with Gasteiger partial charge in [-0.25, -0.2) is 0 Å². The number of halogens is 1. The van der Waals surface area contributed by atoms with Crippen LogP contribution in [0.4, 0.5) is 0 Å². The lowest BCUT2D eigenvalue weighted by molar-refractivity contribution is 0.337. The summed E-state index contributed by atoms with van der Waals surface area (Å²) in [7, 11) is 3.39. The van der Waals surface area contributed by atoms with Crippen molar-refractivity contribution >= 4 is 25.9 Å². The smallest absolute Gasteiger partial charge is 0.103 e. The Morgan fingerprint density at radius 2 is 2.23 bits per heavy atom. The first-order chi connectivity index (χ1) is 6.15. The summed E-state index contributed by atoms with van der Waals surface area (Å²) in [6.45, 7) is 4.58. The monoisotopic (exact) mass is 214 g/mol. The molecule has 0 unspecified atom stereocenters. The van der Waals surface area contributed by atoms with Crippen LogP contribution >= 0.6 is 20.5 Å². The predicted molar refractivity (Wildman–Crippen MR) is 60.2 cm³/mol. The lowest BCUT2D eigenvalue weighted by Gasteiger charge is -2.07. The van der Waals surface area contributed by atoms with Gasteiger partial charge in [-0.2, -0.15) is 0 Å². The average Bonchev–Trinajstić information content (AvgIpc) is 2.09. The van der Waals surface area contributed by atoms with Gasteiger partial charge in [0, 0.05) is 5.56 Å². The standard InChI is InChI=1S/C10H12ClOP/c1-3-12-10(13)8-6-7(2)4-5-9(8)11/h4-6,13H,3H2,1-2H3. The first-order valence-electron chi connectivity index (χ1n) is 4.13. The zero-order chi connectivity index (χ0) is 9.84. The Morgan fingerprint density at radius 1 is 1.54 bits per heavy atom. The quantitative estimate of drug-likeness (QED) is 0.702. The molecule has 0 bridgehead atoms. The average molecular weight is 215 g/mol. The van der Waals surface area contributed by atoms with E-state index in [0.29, 0.717) is 17.1 Å². The molecular formula is C10H12ClOP. The van der Waals surface area contributed by atoms with Gasteiger partial charge in [0.2, 0.25) is 0 Å². The summed E-state index contributed by atoms with van der Waals surface area (Å²) in [5, 5.41) is 0.698. The Morgan fingerprint density at radius 3 is 2.85 bits per heavy atom. The molecular weight excluding hydrogens is 203 g/mol. The summed E-state index contributed by atoms with van der Waals surface area (Å²) in [5.41, 5.74) is 2.76. The highest BCUT2D eigenvalue weighted by atomic mass is 35.5. The molecule has 1 aromatic carbocycles. The van der Waals surface area contributed by atoms with E-state index in [1.54, 1.807) is 0 Å². The van der Waals surface area contributed by atoms with E-state index in [9.17, 15) is 0 Å². The van der Waals surface area contributed by atoms with E-state index in [1.807, 2.05) is 32.0 Å². The van der Waals surface area contributed by atoms with Crippen LogP contribution in [0.1, 0.15) is 18.1 Å². The van der Waals surface area contributed by atoms with Crippen LogP contribution in [-0.2, 0) is 4.74 Å². The molecule has 70 valence electrons. The van der Waals surface area contributed by atoms with Crippen LogP contribution < -0.4 is 0 Å². The van der Waals surface area contributed by atoms with E-state index in [2.05, 4.69) is 8.86 Å². The second-order valence-corrected chi connectivity index (χ2v) is 3.61. The van der Waals surface area contributed by atoms with Crippen LogP contribution in [0.2, 0.25) is 5.02 Å². The fourth-order valence-corrected chi connectivity index (χ4v) is 1.67. The minimum Gasteiger partial charge on any atom is -0.342 e. The molecule has 0 saturated carbocycles. The van der Waals surface area contributed by atoms with Crippen LogP contribution in [0.15, 0.2) is 18.2 Å². The molecule has 0 atom stereocenters. The van der Waals surface area contributed by atoms with Gasteiger partial charge in [0.15, 0.2) is 0 Å². The fourth-order valence-electron chi connectivity index (χ4n) is 1.04. The van der Waals surface area contributed by atoms with Crippen molar-refractivity contribution < 1.29 is 4.74 Å². The molecule has 0 N–H and O–H groups in total. The second kappa shape index (κ2) is 4.76. The Bertz CT molecular complexity index is 323. The predicted octanol–water partition coefficient (Wildman–Crippen LogP) is 3.31. The van der Waals surface area contributed by atoms with Gasteiger partial charge < -0.3 is 4.74 Å². The molecule has 0 heterocycles. The lowest BCUT2D eigenvalue weighted by atomic mass is 10.1. The number of benzene rings is 1. The Balaban J connectivity index is 2.99. The SMILES string of the molecule is CCOC(=P)c1cc(C)ccc1Cl. The minimum absolute atomic E-state index is 0.628. The minimum atomic E-state index is 0.628. The maximum Gasteiger partial charge on any atom is 0.103 e. The highest BCUT2D eigenvalue weighted by Crippen LogP contribution is 2.19. The third-order valence-electron chi connectivity index (χ3n) is 1.66. The summed E-state index contributed by atoms with van der Waals surface area (Å²) in [6.07, 6.45) is 0. The van der Waals surface area contributed by atoms with Crippen molar-refractivity contribution in [3.8, 4) is 0 Å². The van der Waals surface area contributed by atoms with Crippen molar-refractivity contribution in [3.05, 3.63) is 34.3 Å². The molecule has 1 nitrogen and oxygen atoms in total. The van der Waals surface area contributed by atoms with Crippen LogP contribution in [-0.4, -0.2) is 12.1 Å². The molecule has 0 saturated heterocycles. The first-order valence-corrected chi connectivity index (χ1v) is 5.00. The normalized spacial score (nSPS) is 10.1. The molecule has 0 amide bonds. The summed E-state index contributed by atoms with van der Waals surface area (Å²) >= 11 is 5.99. The second-order valence-electron chi connectivity index (χ2n) is 2.75. The van der Waals surface area contributed by atoms with E-state index in [-0.39, 0.29) is 0 Å². The molecule has 0 aromatic heterocycles. The number of aryl methyl sites for hydroxylation is 1. The van der Waals surface area contributed by atoms with Crippen LogP contribution in [0.5, 0.6) is 0 Å². The Hall–Kier alpha value is -0.360. The van der Waals surface area contributed by atoms with Crippen molar-refractivity contribution in [1.82, 2.24) is 0 Å². The molecule has 0 aliphatic carbocycles. The summed E-state index contributed by atoms with van der Waals surface area (Å²) in [4.78, 5) is 0. The van der Waals surface area contributed by atoms with Gasteiger partial charge in [-0.3, -0.25) is 0 Å². The van der Waals surface area contributed by atoms with Gasteiger partial charge in [-0.15, -0.1) is 0 Å². The molecule has 0 aliphatic heterocycles. The number of rotatable bonds is 3. The van der Waals surface area contributed by atoms with E-state index in [1.165, 1.54) is 0 Å². The van der Waals surface area contributed by atoms with Crippen molar-refractivity contribution in [3.63, 3.8) is 0 Å². The molecule has 13 heavy (non-hydrogen) atoms. The number of ether oxygens (including phenoxy) is 1. The molecule has 0 spiro atoms. The van der Waals surface area contributed by atoms with E-state index in [4.69, 9.17) is 16.3 Å². The maximum absolute atomic E-state index is 5.99. The number of hydrogen-bond donors (Lipinski definition) is 0. The highest BCUT2D eigenvalue weighted by Gasteiger charge is 2.04. The Kier molecular flexibility index (Phi) is 3.92.